The molecule has 1 aliphatic heterocycles. The Hall–Kier alpha value is -0.810. The molecule has 1 saturated heterocycles. The van der Waals surface area contributed by atoms with Crippen LogP contribution in [0.4, 0.5) is 0 Å². The van der Waals surface area contributed by atoms with E-state index in [0.717, 1.165) is 17.0 Å². The number of halogens is 1. The molecular weight excluding hydrogens is 260 g/mol. The number of nitrogens with zero attached hydrogens (tertiary/aromatic N) is 1. The van der Waals surface area contributed by atoms with Gasteiger partial charge in [0.2, 0.25) is 5.91 Å². The predicted octanol–water partition coefficient (Wildman–Crippen LogP) is 1.36. The van der Waals surface area contributed by atoms with Gasteiger partial charge in [0.05, 0.1) is 13.1 Å². The molecule has 0 spiro atoms. The zero-order valence-electron chi connectivity index (χ0n) is 8.50. The number of piperazine rings is 1. The highest BCUT2D eigenvalue weighted by Gasteiger charge is 2.22. The number of hydrogen-bond acceptors (Lipinski definition) is 3. The van der Waals surface area contributed by atoms with Crippen molar-refractivity contribution in [3.63, 3.8) is 0 Å². The first kappa shape index (κ1) is 10.7. The number of furan rings is 1. The molecule has 4 nitrogen and oxygen atoms in total. The van der Waals surface area contributed by atoms with Gasteiger partial charge in [-0.05, 0) is 35.0 Å². The van der Waals surface area contributed by atoms with Crippen molar-refractivity contribution < 1.29 is 9.21 Å². The first-order valence-corrected chi connectivity index (χ1v) is 5.69. The van der Waals surface area contributed by atoms with Crippen LogP contribution in [0.15, 0.2) is 21.2 Å². The van der Waals surface area contributed by atoms with Crippen molar-refractivity contribution in [2.45, 2.75) is 19.5 Å². The fourth-order valence-electron chi connectivity index (χ4n) is 1.80. The van der Waals surface area contributed by atoms with Crippen molar-refractivity contribution in [2.75, 3.05) is 13.1 Å². The van der Waals surface area contributed by atoms with Gasteiger partial charge in [0, 0.05) is 12.6 Å². The first-order valence-electron chi connectivity index (χ1n) is 4.89. The molecular formula is C10H13BrN2O2. The molecule has 2 rings (SSSR count). The molecule has 1 atom stereocenters. The van der Waals surface area contributed by atoms with Crippen LogP contribution in [0, 0.1) is 0 Å². The standard InChI is InChI=1S/C10H13BrN2O2/c1-7-4-13(6-10(14)12-7)5-8-2-3-9(11)15-8/h2-3,7H,4-6H2,1H3,(H,12,14). The monoisotopic (exact) mass is 272 g/mol. The van der Waals surface area contributed by atoms with Crippen LogP contribution in [-0.2, 0) is 11.3 Å². The highest BCUT2D eigenvalue weighted by molar-refractivity contribution is 9.10. The largest absolute Gasteiger partial charge is 0.453 e. The van der Waals surface area contributed by atoms with Crippen LogP contribution in [0.2, 0.25) is 0 Å². The van der Waals surface area contributed by atoms with E-state index in [1.54, 1.807) is 0 Å². The fraction of sp³-hybridized carbons (Fsp3) is 0.500. The second-order valence-electron chi connectivity index (χ2n) is 3.84. The summed E-state index contributed by atoms with van der Waals surface area (Å²) in [5.41, 5.74) is 0. The Morgan fingerprint density at radius 2 is 2.47 bits per heavy atom. The van der Waals surface area contributed by atoms with Crippen molar-refractivity contribution in [1.82, 2.24) is 10.2 Å². The summed E-state index contributed by atoms with van der Waals surface area (Å²) in [4.78, 5) is 13.4. The molecule has 1 aromatic heterocycles. The van der Waals surface area contributed by atoms with Crippen LogP contribution < -0.4 is 5.32 Å². The number of amides is 1. The average Bonchev–Trinajstić information content (AvgIpc) is 2.49. The number of hydrogen-bond donors (Lipinski definition) is 1. The number of carbonyl (C=O) groups is 1. The molecule has 82 valence electrons. The third-order valence-corrected chi connectivity index (χ3v) is 2.74. The molecule has 0 bridgehead atoms. The zero-order chi connectivity index (χ0) is 10.8. The van der Waals surface area contributed by atoms with Gasteiger partial charge in [0.1, 0.15) is 5.76 Å². The fourth-order valence-corrected chi connectivity index (χ4v) is 2.14. The lowest BCUT2D eigenvalue weighted by Crippen LogP contribution is -2.52. The summed E-state index contributed by atoms with van der Waals surface area (Å²) in [6.45, 7) is 4.00. The Balaban J connectivity index is 1.97. The lowest BCUT2D eigenvalue weighted by atomic mass is 10.2. The van der Waals surface area contributed by atoms with E-state index < -0.39 is 0 Å². The summed E-state index contributed by atoms with van der Waals surface area (Å²) >= 11 is 3.26. The van der Waals surface area contributed by atoms with Gasteiger partial charge in [-0.2, -0.15) is 0 Å². The van der Waals surface area contributed by atoms with Crippen molar-refractivity contribution in [3.05, 3.63) is 22.6 Å². The Morgan fingerprint density at radius 3 is 3.07 bits per heavy atom. The molecule has 0 saturated carbocycles. The van der Waals surface area contributed by atoms with Crippen LogP contribution in [-0.4, -0.2) is 29.9 Å². The molecule has 0 aromatic carbocycles. The number of carbonyl (C=O) groups excluding carboxylic acids is 1. The summed E-state index contributed by atoms with van der Waals surface area (Å²) in [6, 6.07) is 3.99. The summed E-state index contributed by atoms with van der Waals surface area (Å²) < 4.78 is 6.13. The third kappa shape index (κ3) is 2.82. The Morgan fingerprint density at radius 1 is 1.67 bits per heavy atom. The van der Waals surface area contributed by atoms with E-state index in [9.17, 15) is 4.79 Å². The van der Waals surface area contributed by atoms with Gasteiger partial charge < -0.3 is 9.73 Å². The maximum absolute atomic E-state index is 11.3. The topological polar surface area (TPSA) is 45.5 Å². The first-order chi connectivity index (χ1) is 7.13. The van der Waals surface area contributed by atoms with Gasteiger partial charge >= 0.3 is 0 Å². The minimum Gasteiger partial charge on any atom is -0.453 e. The van der Waals surface area contributed by atoms with Gasteiger partial charge in [-0.15, -0.1) is 0 Å². The van der Waals surface area contributed by atoms with Crippen LogP contribution in [0.25, 0.3) is 0 Å². The highest BCUT2D eigenvalue weighted by atomic mass is 79.9. The smallest absolute Gasteiger partial charge is 0.234 e. The molecule has 5 heteroatoms. The molecule has 15 heavy (non-hydrogen) atoms. The average molecular weight is 273 g/mol. The minimum absolute atomic E-state index is 0.0828. The molecule has 0 aliphatic carbocycles. The van der Waals surface area contributed by atoms with Gasteiger partial charge in [0.25, 0.3) is 0 Å². The molecule has 1 N–H and O–H groups in total. The van der Waals surface area contributed by atoms with Crippen LogP contribution in [0.3, 0.4) is 0 Å². The normalized spacial score (nSPS) is 22.8. The maximum Gasteiger partial charge on any atom is 0.234 e. The molecule has 0 radical (unpaired) electrons. The van der Waals surface area contributed by atoms with E-state index in [2.05, 4.69) is 26.1 Å². The lowest BCUT2D eigenvalue weighted by molar-refractivity contribution is -0.125. The quantitative estimate of drug-likeness (QED) is 0.885. The van der Waals surface area contributed by atoms with E-state index in [1.165, 1.54) is 0 Å². The van der Waals surface area contributed by atoms with E-state index in [1.807, 2.05) is 19.1 Å². The van der Waals surface area contributed by atoms with E-state index in [4.69, 9.17) is 4.42 Å². The summed E-state index contributed by atoms with van der Waals surface area (Å²) in [6.07, 6.45) is 0. The summed E-state index contributed by atoms with van der Waals surface area (Å²) in [5, 5.41) is 2.88. The Labute approximate surface area is 96.7 Å². The molecule has 1 amide bonds. The summed E-state index contributed by atoms with van der Waals surface area (Å²) in [5.74, 6) is 0.961. The molecule has 1 aliphatic rings. The Kier molecular flexibility index (Phi) is 3.11. The van der Waals surface area contributed by atoms with E-state index >= 15 is 0 Å². The highest BCUT2D eigenvalue weighted by Crippen LogP contribution is 2.16. The van der Waals surface area contributed by atoms with Crippen molar-refractivity contribution in [3.8, 4) is 0 Å². The number of rotatable bonds is 2. The van der Waals surface area contributed by atoms with Gasteiger partial charge in [-0.25, -0.2) is 0 Å². The van der Waals surface area contributed by atoms with Gasteiger partial charge in [-0.3, -0.25) is 9.69 Å². The van der Waals surface area contributed by atoms with Crippen LogP contribution in [0.1, 0.15) is 12.7 Å². The second-order valence-corrected chi connectivity index (χ2v) is 4.63. The molecule has 1 unspecified atom stereocenters. The van der Waals surface area contributed by atoms with Crippen LogP contribution in [0.5, 0.6) is 0 Å². The molecule has 2 heterocycles. The SMILES string of the molecule is CC1CN(Cc2ccc(Br)o2)CC(=O)N1. The van der Waals surface area contributed by atoms with Crippen molar-refractivity contribution in [1.29, 1.82) is 0 Å². The lowest BCUT2D eigenvalue weighted by Gasteiger charge is -2.30. The third-order valence-electron chi connectivity index (χ3n) is 2.31. The van der Waals surface area contributed by atoms with Gasteiger partial charge in [-0.1, -0.05) is 0 Å². The van der Waals surface area contributed by atoms with E-state index in [-0.39, 0.29) is 11.9 Å². The Bertz CT molecular complexity index is 364. The summed E-state index contributed by atoms with van der Waals surface area (Å²) in [7, 11) is 0. The molecule has 1 aromatic rings. The van der Waals surface area contributed by atoms with Gasteiger partial charge in [0.15, 0.2) is 4.67 Å². The van der Waals surface area contributed by atoms with Crippen molar-refractivity contribution >= 4 is 21.8 Å². The predicted molar refractivity (Wildman–Crippen MR) is 59.3 cm³/mol. The maximum atomic E-state index is 11.3. The van der Waals surface area contributed by atoms with Crippen molar-refractivity contribution in [2.24, 2.45) is 0 Å². The van der Waals surface area contributed by atoms with Crippen LogP contribution >= 0.6 is 15.9 Å². The minimum atomic E-state index is 0.0828. The second kappa shape index (κ2) is 4.37. The number of nitrogens with one attached hydrogen (secondary N) is 1. The van der Waals surface area contributed by atoms with E-state index in [0.29, 0.717) is 13.1 Å². The zero-order valence-corrected chi connectivity index (χ0v) is 10.1. The molecule has 1 fully saturated rings.